The Labute approximate surface area is 133 Å². The van der Waals surface area contributed by atoms with Crippen LogP contribution in [0.2, 0.25) is 5.15 Å². The van der Waals surface area contributed by atoms with Gasteiger partial charge in [-0.2, -0.15) is 0 Å². The zero-order chi connectivity index (χ0) is 16.1. The first-order chi connectivity index (χ1) is 10.5. The Hall–Kier alpha value is -2.73. The van der Waals surface area contributed by atoms with Crippen LogP contribution in [-0.4, -0.2) is 22.7 Å². The minimum Gasteiger partial charge on any atom is -0.308 e. The van der Waals surface area contributed by atoms with Crippen molar-refractivity contribution in [3.05, 3.63) is 47.3 Å². The van der Waals surface area contributed by atoms with E-state index < -0.39 is 6.03 Å². The number of aliphatic imine (C=N–C) groups is 1. The zero-order valence-electron chi connectivity index (χ0n) is 11.9. The topological polar surface area (TPSA) is 79.3 Å². The first-order valence-electron chi connectivity index (χ1n) is 6.34. The van der Waals surface area contributed by atoms with Gasteiger partial charge in [0.2, 0.25) is 5.95 Å². The molecule has 0 aliphatic heterocycles. The van der Waals surface area contributed by atoms with Crippen molar-refractivity contribution in [1.29, 1.82) is 0 Å². The number of aryl methyl sites for hydroxylation is 1. The third-order valence-electron chi connectivity index (χ3n) is 2.72. The third-order valence-corrected chi connectivity index (χ3v) is 2.92. The lowest BCUT2D eigenvalue weighted by Crippen LogP contribution is -2.21. The fourth-order valence-corrected chi connectivity index (χ4v) is 2.03. The number of hydrogen-bond acceptors (Lipinski definition) is 4. The molecule has 6 nitrogen and oxygen atoms in total. The molecule has 22 heavy (non-hydrogen) atoms. The highest BCUT2D eigenvalue weighted by atomic mass is 35.5. The van der Waals surface area contributed by atoms with Crippen LogP contribution in [0.5, 0.6) is 0 Å². The summed E-state index contributed by atoms with van der Waals surface area (Å²) in [5.74, 6) is 0.135. The van der Waals surface area contributed by atoms with Gasteiger partial charge in [-0.3, -0.25) is 10.3 Å². The van der Waals surface area contributed by atoms with Crippen LogP contribution < -0.4 is 10.6 Å². The molecule has 0 saturated heterocycles. The van der Waals surface area contributed by atoms with E-state index >= 15 is 0 Å². The largest absolute Gasteiger partial charge is 0.326 e. The number of aromatic nitrogens is 2. The van der Waals surface area contributed by atoms with E-state index in [4.69, 9.17) is 11.6 Å². The number of carbonyl (C=O) groups excluding carboxylic acids is 1. The third kappa shape index (κ3) is 3.89. The van der Waals surface area contributed by atoms with Crippen molar-refractivity contribution in [1.82, 2.24) is 9.97 Å². The van der Waals surface area contributed by atoms with E-state index in [-0.39, 0.29) is 11.1 Å². The van der Waals surface area contributed by atoms with Gasteiger partial charge in [0.1, 0.15) is 5.15 Å². The van der Waals surface area contributed by atoms with E-state index in [9.17, 15) is 4.79 Å². The summed E-state index contributed by atoms with van der Waals surface area (Å²) in [5.41, 5.74) is 2.70. The highest BCUT2D eigenvalue weighted by molar-refractivity contribution is 6.29. The summed E-state index contributed by atoms with van der Waals surface area (Å²) in [6, 6.07) is 6.30. The standard InChI is InChI=1S/C15H14ClN5O/c1-4-10-8-11(5-6-12(10)17-3)19-15(22)21-14-18-9(2)7-13(16)20-14/h4-8H,1,3H2,2H3,(H2,18,19,20,21,22). The number of carbonyl (C=O) groups is 1. The van der Waals surface area contributed by atoms with E-state index in [0.717, 1.165) is 5.56 Å². The van der Waals surface area contributed by atoms with Crippen LogP contribution >= 0.6 is 11.6 Å². The molecule has 0 saturated carbocycles. The van der Waals surface area contributed by atoms with Crippen molar-refractivity contribution in [2.75, 3.05) is 10.6 Å². The average molecular weight is 316 g/mol. The molecule has 0 aliphatic rings. The second kappa shape index (κ2) is 6.82. The summed E-state index contributed by atoms with van der Waals surface area (Å²) in [6.07, 6.45) is 1.64. The highest BCUT2D eigenvalue weighted by Gasteiger charge is 2.07. The first-order valence-corrected chi connectivity index (χ1v) is 6.72. The number of nitrogens with zero attached hydrogens (tertiary/aromatic N) is 3. The van der Waals surface area contributed by atoms with Crippen molar-refractivity contribution >= 4 is 47.7 Å². The monoisotopic (exact) mass is 315 g/mol. The molecule has 1 heterocycles. The van der Waals surface area contributed by atoms with Crippen LogP contribution in [0, 0.1) is 6.92 Å². The maximum atomic E-state index is 12.0. The molecule has 7 heteroatoms. The quantitative estimate of drug-likeness (QED) is 0.659. The second-order valence-electron chi connectivity index (χ2n) is 4.37. The molecule has 2 rings (SSSR count). The van der Waals surface area contributed by atoms with Gasteiger partial charge < -0.3 is 5.32 Å². The summed E-state index contributed by atoms with van der Waals surface area (Å²) in [6.45, 7) is 8.93. The molecule has 0 fully saturated rings. The number of amides is 2. The molecule has 2 N–H and O–H groups in total. The van der Waals surface area contributed by atoms with Gasteiger partial charge in [0.25, 0.3) is 0 Å². The van der Waals surface area contributed by atoms with Gasteiger partial charge in [-0.25, -0.2) is 14.8 Å². The van der Waals surface area contributed by atoms with Crippen molar-refractivity contribution in [3.8, 4) is 0 Å². The van der Waals surface area contributed by atoms with Gasteiger partial charge in [-0.15, -0.1) is 0 Å². The van der Waals surface area contributed by atoms with Crippen molar-refractivity contribution in [2.45, 2.75) is 6.92 Å². The van der Waals surface area contributed by atoms with Gasteiger partial charge in [-0.05, 0) is 37.9 Å². The van der Waals surface area contributed by atoms with Crippen LogP contribution in [0.4, 0.5) is 22.1 Å². The van der Waals surface area contributed by atoms with Crippen molar-refractivity contribution in [3.63, 3.8) is 0 Å². The first kappa shape index (κ1) is 15.7. The summed E-state index contributed by atoms with van der Waals surface area (Å²) < 4.78 is 0. The van der Waals surface area contributed by atoms with E-state index in [0.29, 0.717) is 17.1 Å². The minimum absolute atomic E-state index is 0.135. The Kier molecular flexibility index (Phi) is 4.85. The number of anilines is 2. The van der Waals surface area contributed by atoms with Gasteiger partial charge >= 0.3 is 6.03 Å². The Bertz CT molecular complexity index is 724. The molecule has 1 aromatic carbocycles. The molecule has 0 unspecified atom stereocenters. The lowest BCUT2D eigenvalue weighted by molar-refractivity contribution is 0.262. The van der Waals surface area contributed by atoms with E-state index in [2.05, 4.69) is 38.9 Å². The lowest BCUT2D eigenvalue weighted by atomic mass is 10.1. The summed E-state index contributed by atoms with van der Waals surface area (Å²) in [5, 5.41) is 5.45. The summed E-state index contributed by atoms with van der Waals surface area (Å²) in [4.78, 5) is 23.8. The summed E-state index contributed by atoms with van der Waals surface area (Å²) >= 11 is 5.82. The minimum atomic E-state index is -0.476. The Balaban J connectivity index is 2.11. The Morgan fingerprint density at radius 2 is 2.09 bits per heavy atom. The molecule has 0 radical (unpaired) electrons. The van der Waals surface area contributed by atoms with E-state index in [1.165, 1.54) is 0 Å². The molecule has 0 aliphatic carbocycles. The number of rotatable bonds is 4. The number of nitrogens with one attached hydrogen (secondary N) is 2. The Morgan fingerprint density at radius 3 is 2.73 bits per heavy atom. The number of halogens is 1. The van der Waals surface area contributed by atoms with Crippen molar-refractivity contribution in [2.24, 2.45) is 4.99 Å². The molecule has 0 atom stereocenters. The van der Waals surface area contributed by atoms with E-state index in [1.54, 1.807) is 37.3 Å². The fourth-order valence-electron chi connectivity index (χ4n) is 1.79. The van der Waals surface area contributed by atoms with E-state index in [1.807, 2.05) is 0 Å². The lowest BCUT2D eigenvalue weighted by Gasteiger charge is -2.09. The number of urea groups is 1. The predicted octanol–water partition coefficient (Wildman–Crippen LogP) is 4.06. The number of benzene rings is 1. The van der Waals surface area contributed by atoms with Gasteiger partial charge in [0.05, 0.1) is 5.69 Å². The Morgan fingerprint density at radius 1 is 1.32 bits per heavy atom. The summed E-state index contributed by atoms with van der Waals surface area (Å²) in [7, 11) is 0. The van der Waals surface area contributed by atoms with Crippen LogP contribution in [-0.2, 0) is 0 Å². The predicted molar refractivity (Wildman–Crippen MR) is 90.2 cm³/mol. The van der Waals surface area contributed by atoms with Gasteiger partial charge in [-0.1, -0.05) is 24.3 Å². The second-order valence-corrected chi connectivity index (χ2v) is 4.76. The maximum Gasteiger partial charge on any atom is 0.326 e. The molecule has 0 spiro atoms. The smallest absolute Gasteiger partial charge is 0.308 e. The van der Waals surface area contributed by atoms with Crippen LogP contribution in [0.25, 0.3) is 6.08 Å². The average Bonchev–Trinajstić information content (AvgIpc) is 2.45. The normalized spacial score (nSPS) is 9.91. The fraction of sp³-hybridized carbons (Fsp3) is 0.0667. The van der Waals surface area contributed by atoms with Crippen molar-refractivity contribution < 1.29 is 4.79 Å². The van der Waals surface area contributed by atoms with Crippen LogP contribution in [0.15, 0.2) is 35.8 Å². The number of hydrogen-bond donors (Lipinski definition) is 2. The molecule has 0 bridgehead atoms. The molecular weight excluding hydrogens is 302 g/mol. The molecule has 2 aromatic rings. The molecular formula is C15H14ClN5O. The van der Waals surface area contributed by atoms with Gasteiger partial charge in [0, 0.05) is 16.9 Å². The molecule has 112 valence electrons. The SMILES string of the molecule is C=Cc1cc(NC(=O)Nc2nc(C)cc(Cl)n2)ccc1N=C. The van der Waals surface area contributed by atoms with Crippen LogP contribution in [0.1, 0.15) is 11.3 Å². The maximum absolute atomic E-state index is 12.0. The molecule has 1 aromatic heterocycles. The van der Waals surface area contributed by atoms with Gasteiger partial charge in [0.15, 0.2) is 0 Å². The van der Waals surface area contributed by atoms with Crippen LogP contribution in [0.3, 0.4) is 0 Å². The highest BCUT2D eigenvalue weighted by Crippen LogP contribution is 2.23. The molecule has 2 amide bonds. The zero-order valence-corrected chi connectivity index (χ0v) is 12.7.